The molecule has 0 bridgehead atoms. The van der Waals surface area contributed by atoms with E-state index in [0.29, 0.717) is 17.4 Å². The van der Waals surface area contributed by atoms with Crippen molar-refractivity contribution in [1.82, 2.24) is 19.6 Å². The van der Waals surface area contributed by atoms with Crippen LogP contribution in [-0.4, -0.2) is 58.7 Å². The van der Waals surface area contributed by atoms with Crippen LogP contribution in [0.15, 0.2) is 6.20 Å². The number of hydrogen-bond donors (Lipinski definition) is 1. The van der Waals surface area contributed by atoms with Crippen molar-refractivity contribution in [3.63, 3.8) is 0 Å². The van der Waals surface area contributed by atoms with Crippen LogP contribution in [-0.2, 0) is 7.05 Å². The minimum absolute atomic E-state index is 0.0625. The maximum absolute atomic E-state index is 12.2. The number of nitrogens with two attached hydrogens (primary N) is 1. The van der Waals surface area contributed by atoms with Crippen molar-refractivity contribution in [3.8, 4) is 0 Å². The molecule has 6 nitrogen and oxygen atoms in total. The molecule has 1 aromatic rings. The van der Waals surface area contributed by atoms with Gasteiger partial charge in [-0.05, 0) is 20.5 Å². The van der Waals surface area contributed by atoms with E-state index < -0.39 is 0 Å². The average molecular weight is 237 g/mol. The monoisotopic (exact) mass is 237 g/mol. The summed E-state index contributed by atoms with van der Waals surface area (Å²) in [5.74, 6) is -0.0625. The molecule has 0 saturated carbocycles. The molecule has 1 amide bonds. The number of aromatic nitrogens is 2. The third-order valence-corrected chi connectivity index (χ3v) is 3.24. The van der Waals surface area contributed by atoms with Gasteiger partial charge in [0.2, 0.25) is 0 Å². The fourth-order valence-corrected chi connectivity index (χ4v) is 2.17. The van der Waals surface area contributed by atoms with Gasteiger partial charge >= 0.3 is 0 Å². The molecule has 0 aromatic carbocycles. The molecule has 2 N–H and O–H groups in total. The molecule has 0 aliphatic carbocycles. The van der Waals surface area contributed by atoms with E-state index in [4.69, 9.17) is 5.73 Å². The molecule has 1 aromatic heterocycles. The van der Waals surface area contributed by atoms with Crippen LogP contribution in [0.4, 0.5) is 5.69 Å². The quantitative estimate of drug-likeness (QED) is 0.772. The SMILES string of the molecule is CN(C)C1CCN(C(=O)c2nn(C)cc2N)C1. The molecule has 1 aliphatic rings. The number of rotatable bonds is 2. The molecule has 17 heavy (non-hydrogen) atoms. The van der Waals surface area contributed by atoms with E-state index in [1.807, 2.05) is 19.0 Å². The van der Waals surface area contributed by atoms with E-state index in [0.717, 1.165) is 19.5 Å². The van der Waals surface area contributed by atoms with Crippen LogP contribution < -0.4 is 5.73 Å². The molecule has 1 fully saturated rings. The summed E-state index contributed by atoms with van der Waals surface area (Å²) >= 11 is 0. The van der Waals surface area contributed by atoms with Gasteiger partial charge in [-0.3, -0.25) is 9.48 Å². The van der Waals surface area contributed by atoms with Crippen molar-refractivity contribution in [2.45, 2.75) is 12.5 Å². The Morgan fingerprint density at radius 3 is 2.76 bits per heavy atom. The minimum Gasteiger partial charge on any atom is -0.396 e. The normalized spacial score (nSPS) is 20.2. The Balaban J connectivity index is 2.09. The number of nitrogens with zero attached hydrogens (tertiary/aromatic N) is 4. The molecule has 0 spiro atoms. The molecule has 1 saturated heterocycles. The van der Waals surface area contributed by atoms with Crippen LogP contribution in [0.25, 0.3) is 0 Å². The Bertz CT molecular complexity index is 425. The van der Waals surface area contributed by atoms with Gasteiger partial charge in [-0.15, -0.1) is 0 Å². The second kappa shape index (κ2) is 4.37. The zero-order valence-electron chi connectivity index (χ0n) is 10.6. The number of aryl methyl sites for hydroxylation is 1. The number of likely N-dealkylation sites (tertiary alicyclic amines) is 1. The first-order chi connectivity index (χ1) is 7.99. The van der Waals surface area contributed by atoms with Gasteiger partial charge in [-0.2, -0.15) is 5.10 Å². The third kappa shape index (κ3) is 2.26. The maximum Gasteiger partial charge on any atom is 0.276 e. The van der Waals surface area contributed by atoms with Gasteiger partial charge in [0.1, 0.15) is 0 Å². The van der Waals surface area contributed by atoms with Gasteiger partial charge < -0.3 is 15.5 Å². The lowest BCUT2D eigenvalue weighted by atomic mass is 10.2. The summed E-state index contributed by atoms with van der Waals surface area (Å²) in [5, 5.41) is 4.11. The predicted molar refractivity (Wildman–Crippen MR) is 65.6 cm³/mol. The van der Waals surface area contributed by atoms with Gasteiger partial charge in [-0.25, -0.2) is 0 Å². The molecule has 2 heterocycles. The summed E-state index contributed by atoms with van der Waals surface area (Å²) < 4.78 is 1.57. The molecule has 1 unspecified atom stereocenters. The molecule has 6 heteroatoms. The van der Waals surface area contributed by atoms with Gasteiger partial charge in [0.05, 0.1) is 5.69 Å². The van der Waals surface area contributed by atoms with Gasteiger partial charge in [-0.1, -0.05) is 0 Å². The number of hydrogen-bond acceptors (Lipinski definition) is 4. The molecule has 2 rings (SSSR count). The zero-order chi connectivity index (χ0) is 12.6. The third-order valence-electron chi connectivity index (χ3n) is 3.24. The predicted octanol–water partition coefficient (Wildman–Crippen LogP) is -0.222. The highest BCUT2D eigenvalue weighted by Gasteiger charge is 2.30. The largest absolute Gasteiger partial charge is 0.396 e. The summed E-state index contributed by atoms with van der Waals surface area (Å²) in [6, 6.07) is 0.434. The van der Waals surface area contributed by atoms with Crippen molar-refractivity contribution in [2.24, 2.45) is 7.05 Å². The number of carbonyl (C=O) groups excluding carboxylic acids is 1. The summed E-state index contributed by atoms with van der Waals surface area (Å²) in [6.45, 7) is 1.53. The van der Waals surface area contributed by atoms with Crippen molar-refractivity contribution in [3.05, 3.63) is 11.9 Å². The van der Waals surface area contributed by atoms with E-state index >= 15 is 0 Å². The van der Waals surface area contributed by atoms with Gasteiger partial charge in [0.15, 0.2) is 5.69 Å². The Morgan fingerprint density at radius 2 is 2.29 bits per heavy atom. The molecule has 0 radical (unpaired) electrons. The number of nitrogen functional groups attached to an aromatic ring is 1. The van der Waals surface area contributed by atoms with E-state index in [1.165, 1.54) is 0 Å². The van der Waals surface area contributed by atoms with Crippen LogP contribution in [0, 0.1) is 0 Å². The van der Waals surface area contributed by atoms with E-state index in [1.54, 1.807) is 17.9 Å². The van der Waals surface area contributed by atoms with Crippen LogP contribution in [0.1, 0.15) is 16.9 Å². The van der Waals surface area contributed by atoms with Crippen molar-refractivity contribution >= 4 is 11.6 Å². The molecular formula is C11H19N5O. The first-order valence-electron chi connectivity index (χ1n) is 5.74. The van der Waals surface area contributed by atoms with Gasteiger partial charge in [0.25, 0.3) is 5.91 Å². The standard InChI is InChI=1S/C11H19N5O/c1-14(2)8-4-5-16(6-8)11(17)10-9(12)7-15(3)13-10/h7-8H,4-6,12H2,1-3H3. The van der Waals surface area contributed by atoms with Crippen LogP contribution in [0.2, 0.25) is 0 Å². The minimum atomic E-state index is -0.0625. The fraction of sp³-hybridized carbons (Fsp3) is 0.636. The smallest absolute Gasteiger partial charge is 0.276 e. The van der Waals surface area contributed by atoms with Gasteiger partial charge in [0, 0.05) is 32.4 Å². The first kappa shape index (κ1) is 11.9. The summed E-state index contributed by atoms with van der Waals surface area (Å²) in [4.78, 5) is 16.2. The van der Waals surface area contributed by atoms with E-state index in [-0.39, 0.29) is 5.91 Å². The Morgan fingerprint density at radius 1 is 1.59 bits per heavy atom. The maximum atomic E-state index is 12.2. The average Bonchev–Trinajstić information content (AvgIpc) is 2.84. The summed E-state index contributed by atoms with van der Waals surface area (Å²) in [7, 11) is 5.83. The van der Waals surface area contributed by atoms with Crippen LogP contribution in [0.5, 0.6) is 0 Å². The highest BCUT2D eigenvalue weighted by Crippen LogP contribution is 2.18. The molecule has 1 aliphatic heterocycles. The molecule has 94 valence electrons. The van der Waals surface area contributed by atoms with Crippen LogP contribution >= 0.6 is 0 Å². The first-order valence-corrected chi connectivity index (χ1v) is 5.74. The highest BCUT2D eigenvalue weighted by molar-refractivity contribution is 5.97. The lowest BCUT2D eigenvalue weighted by Gasteiger charge is -2.19. The second-order valence-corrected chi connectivity index (χ2v) is 4.76. The van der Waals surface area contributed by atoms with Crippen molar-refractivity contribution in [2.75, 3.05) is 32.9 Å². The molecular weight excluding hydrogens is 218 g/mol. The summed E-state index contributed by atoms with van der Waals surface area (Å²) in [6.07, 6.45) is 2.66. The topological polar surface area (TPSA) is 67.4 Å². The zero-order valence-corrected chi connectivity index (χ0v) is 10.6. The lowest BCUT2D eigenvalue weighted by Crippen LogP contribution is -2.34. The molecule has 1 atom stereocenters. The van der Waals surface area contributed by atoms with Crippen LogP contribution in [0.3, 0.4) is 0 Å². The van der Waals surface area contributed by atoms with Crippen molar-refractivity contribution in [1.29, 1.82) is 0 Å². The second-order valence-electron chi connectivity index (χ2n) is 4.76. The Kier molecular flexibility index (Phi) is 3.06. The Labute approximate surface area is 101 Å². The number of anilines is 1. The fourth-order valence-electron chi connectivity index (χ4n) is 2.17. The number of likely N-dealkylation sites (N-methyl/N-ethyl adjacent to an activating group) is 1. The Hall–Kier alpha value is -1.56. The highest BCUT2D eigenvalue weighted by atomic mass is 16.2. The lowest BCUT2D eigenvalue weighted by molar-refractivity contribution is 0.0777. The number of amides is 1. The van der Waals surface area contributed by atoms with E-state index in [9.17, 15) is 4.79 Å². The number of carbonyl (C=O) groups is 1. The van der Waals surface area contributed by atoms with E-state index in [2.05, 4.69) is 10.00 Å². The van der Waals surface area contributed by atoms with Crippen molar-refractivity contribution < 1.29 is 4.79 Å². The summed E-state index contributed by atoms with van der Waals surface area (Å²) in [5.41, 5.74) is 6.58.